The Morgan fingerprint density at radius 1 is 1.30 bits per heavy atom. The molecule has 2 bridgehead atoms. The number of fused-ring (bicyclic) bond motifs is 3. The number of nitrogens with zero attached hydrogens (tertiary/aromatic N) is 2. The summed E-state index contributed by atoms with van der Waals surface area (Å²) in [4.78, 5) is 4.88. The molecule has 0 amide bonds. The first-order valence-corrected chi connectivity index (χ1v) is 7.45. The summed E-state index contributed by atoms with van der Waals surface area (Å²) >= 11 is 0. The van der Waals surface area contributed by atoms with E-state index in [4.69, 9.17) is 15.5 Å². The van der Waals surface area contributed by atoms with Crippen LogP contribution in [0.5, 0.6) is 5.75 Å². The fourth-order valence-electron chi connectivity index (χ4n) is 4.34. The highest BCUT2D eigenvalue weighted by Gasteiger charge is 2.48. The molecular weight excluding hydrogens is 250 g/mol. The van der Waals surface area contributed by atoms with Crippen LogP contribution in [-0.4, -0.2) is 22.7 Å². The number of aryl methyl sites for hydroxylation is 1. The summed E-state index contributed by atoms with van der Waals surface area (Å²) < 4.78 is 7.52. The molecule has 1 heterocycles. The molecule has 0 aliphatic heterocycles. The molecule has 0 radical (unpaired) electrons. The number of nitrogens with two attached hydrogens (primary N) is 1. The standard InChI is InChI=1S/C16H21N3O/c1-19-13-6-5-11(20-2)8-12(13)18-16(19)14-9-3-4-10(7-9)15(14)17/h5-6,8-10,14-15H,3-4,7,17H2,1-2H3. The minimum atomic E-state index is 0.283. The number of methoxy groups -OCH3 is 1. The second kappa shape index (κ2) is 4.22. The fourth-order valence-corrected chi connectivity index (χ4v) is 4.34. The van der Waals surface area contributed by atoms with Crippen molar-refractivity contribution < 1.29 is 4.74 Å². The lowest BCUT2D eigenvalue weighted by molar-refractivity contribution is 0.350. The molecule has 2 aliphatic carbocycles. The number of aromatic nitrogens is 2. The second-order valence-corrected chi connectivity index (χ2v) is 6.32. The average molecular weight is 271 g/mol. The van der Waals surface area contributed by atoms with Gasteiger partial charge in [-0.15, -0.1) is 0 Å². The molecule has 4 unspecified atom stereocenters. The maximum atomic E-state index is 6.46. The molecule has 4 atom stereocenters. The van der Waals surface area contributed by atoms with Crippen LogP contribution in [0, 0.1) is 11.8 Å². The number of benzene rings is 1. The van der Waals surface area contributed by atoms with Gasteiger partial charge in [-0.25, -0.2) is 4.98 Å². The zero-order chi connectivity index (χ0) is 13.9. The molecule has 4 nitrogen and oxygen atoms in total. The maximum absolute atomic E-state index is 6.46. The van der Waals surface area contributed by atoms with Crippen LogP contribution in [0.4, 0.5) is 0 Å². The van der Waals surface area contributed by atoms with Gasteiger partial charge < -0.3 is 15.0 Å². The van der Waals surface area contributed by atoms with Crippen molar-refractivity contribution >= 4 is 11.0 Å². The van der Waals surface area contributed by atoms with Crippen LogP contribution in [0.3, 0.4) is 0 Å². The third kappa shape index (κ3) is 1.54. The van der Waals surface area contributed by atoms with Gasteiger partial charge in [0.1, 0.15) is 11.6 Å². The Morgan fingerprint density at radius 3 is 2.80 bits per heavy atom. The van der Waals surface area contributed by atoms with E-state index in [1.54, 1.807) is 7.11 Å². The first-order valence-electron chi connectivity index (χ1n) is 7.45. The van der Waals surface area contributed by atoms with E-state index >= 15 is 0 Å². The summed E-state index contributed by atoms with van der Waals surface area (Å²) in [5, 5.41) is 0. The summed E-state index contributed by atoms with van der Waals surface area (Å²) in [6.07, 6.45) is 3.91. The van der Waals surface area contributed by atoms with E-state index in [0.29, 0.717) is 11.8 Å². The van der Waals surface area contributed by atoms with Crippen LogP contribution >= 0.6 is 0 Å². The lowest BCUT2D eigenvalue weighted by atomic mass is 9.84. The molecule has 2 saturated carbocycles. The van der Waals surface area contributed by atoms with Crippen LogP contribution in [0.25, 0.3) is 11.0 Å². The molecule has 4 rings (SSSR count). The molecule has 0 saturated heterocycles. The molecule has 4 heteroatoms. The largest absolute Gasteiger partial charge is 0.497 e. The first kappa shape index (κ1) is 12.2. The summed E-state index contributed by atoms with van der Waals surface area (Å²) in [5.74, 6) is 3.89. The van der Waals surface area contributed by atoms with Crippen molar-refractivity contribution in [3.63, 3.8) is 0 Å². The van der Waals surface area contributed by atoms with E-state index in [0.717, 1.165) is 28.5 Å². The van der Waals surface area contributed by atoms with Crippen molar-refractivity contribution in [3.05, 3.63) is 24.0 Å². The van der Waals surface area contributed by atoms with Crippen molar-refractivity contribution in [2.45, 2.75) is 31.2 Å². The van der Waals surface area contributed by atoms with E-state index < -0.39 is 0 Å². The Balaban J connectivity index is 1.82. The quantitative estimate of drug-likeness (QED) is 0.912. The van der Waals surface area contributed by atoms with Gasteiger partial charge in [-0.2, -0.15) is 0 Å². The topological polar surface area (TPSA) is 53.1 Å². The smallest absolute Gasteiger partial charge is 0.121 e. The Hall–Kier alpha value is -1.55. The second-order valence-electron chi connectivity index (χ2n) is 6.32. The van der Waals surface area contributed by atoms with Gasteiger partial charge in [-0.3, -0.25) is 0 Å². The van der Waals surface area contributed by atoms with Crippen molar-refractivity contribution in [1.82, 2.24) is 9.55 Å². The minimum Gasteiger partial charge on any atom is -0.497 e. The summed E-state index contributed by atoms with van der Waals surface area (Å²) in [5.41, 5.74) is 8.64. The molecule has 1 aromatic heterocycles. The normalized spacial score (nSPS) is 32.1. The first-order chi connectivity index (χ1) is 9.69. The molecular formula is C16H21N3O. The van der Waals surface area contributed by atoms with Gasteiger partial charge in [0.15, 0.2) is 0 Å². The lowest BCUT2D eigenvalue weighted by Gasteiger charge is -2.27. The highest BCUT2D eigenvalue weighted by Crippen LogP contribution is 2.52. The van der Waals surface area contributed by atoms with Crippen LogP contribution in [0.15, 0.2) is 18.2 Å². The molecule has 106 valence electrons. The van der Waals surface area contributed by atoms with Crippen molar-refractivity contribution in [1.29, 1.82) is 0 Å². The predicted octanol–water partition coefficient (Wildman–Crippen LogP) is 2.42. The number of imidazole rings is 1. The molecule has 2 aromatic rings. The number of hydrogen-bond donors (Lipinski definition) is 1. The Bertz CT molecular complexity index is 661. The van der Waals surface area contributed by atoms with Crippen molar-refractivity contribution in [3.8, 4) is 5.75 Å². The fraction of sp³-hybridized carbons (Fsp3) is 0.562. The van der Waals surface area contributed by atoms with E-state index in [9.17, 15) is 0 Å². The number of rotatable bonds is 2. The predicted molar refractivity (Wildman–Crippen MR) is 78.8 cm³/mol. The zero-order valence-corrected chi connectivity index (χ0v) is 12.0. The molecule has 2 fully saturated rings. The third-order valence-electron chi connectivity index (χ3n) is 5.40. The van der Waals surface area contributed by atoms with E-state index in [2.05, 4.69) is 17.7 Å². The lowest BCUT2D eigenvalue weighted by Crippen LogP contribution is -2.35. The highest BCUT2D eigenvalue weighted by atomic mass is 16.5. The van der Waals surface area contributed by atoms with Crippen molar-refractivity contribution in [2.75, 3.05) is 7.11 Å². The van der Waals surface area contributed by atoms with Gasteiger partial charge in [0.2, 0.25) is 0 Å². The van der Waals surface area contributed by atoms with E-state index in [1.165, 1.54) is 19.3 Å². The Morgan fingerprint density at radius 2 is 2.10 bits per heavy atom. The molecule has 2 aliphatic rings. The van der Waals surface area contributed by atoms with E-state index in [-0.39, 0.29) is 6.04 Å². The monoisotopic (exact) mass is 271 g/mol. The van der Waals surface area contributed by atoms with Crippen LogP contribution in [0.2, 0.25) is 0 Å². The molecule has 0 spiro atoms. The Labute approximate surface area is 118 Å². The van der Waals surface area contributed by atoms with Gasteiger partial charge in [0.25, 0.3) is 0 Å². The minimum absolute atomic E-state index is 0.283. The van der Waals surface area contributed by atoms with Crippen LogP contribution < -0.4 is 10.5 Å². The summed E-state index contributed by atoms with van der Waals surface area (Å²) in [7, 11) is 3.80. The Kier molecular flexibility index (Phi) is 2.58. The van der Waals surface area contributed by atoms with Gasteiger partial charge >= 0.3 is 0 Å². The average Bonchev–Trinajstić information content (AvgIpc) is 3.12. The summed E-state index contributed by atoms with van der Waals surface area (Å²) in [6.45, 7) is 0. The van der Waals surface area contributed by atoms with Crippen molar-refractivity contribution in [2.24, 2.45) is 24.6 Å². The zero-order valence-electron chi connectivity index (χ0n) is 12.0. The van der Waals surface area contributed by atoms with Gasteiger partial charge in [-0.1, -0.05) is 0 Å². The molecule has 1 aromatic carbocycles. The number of hydrogen-bond acceptors (Lipinski definition) is 3. The maximum Gasteiger partial charge on any atom is 0.121 e. The number of ether oxygens (including phenoxy) is 1. The molecule has 20 heavy (non-hydrogen) atoms. The van der Waals surface area contributed by atoms with Gasteiger partial charge in [-0.05, 0) is 43.2 Å². The third-order valence-corrected chi connectivity index (χ3v) is 5.40. The van der Waals surface area contributed by atoms with Gasteiger partial charge in [0.05, 0.1) is 18.1 Å². The van der Waals surface area contributed by atoms with Crippen LogP contribution in [0.1, 0.15) is 31.0 Å². The van der Waals surface area contributed by atoms with E-state index in [1.807, 2.05) is 12.1 Å². The molecule has 2 N–H and O–H groups in total. The van der Waals surface area contributed by atoms with Gasteiger partial charge in [0, 0.05) is 25.1 Å². The SMILES string of the molecule is COc1ccc2c(c1)nc(C1C3CCC(C3)C1N)n2C. The highest BCUT2D eigenvalue weighted by molar-refractivity contribution is 5.78. The van der Waals surface area contributed by atoms with Crippen LogP contribution in [-0.2, 0) is 7.05 Å². The summed E-state index contributed by atoms with van der Waals surface area (Å²) in [6, 6.07) is 6.38.